The van der Waals surface area contributed by atoms with Crippen molar-refractivity contribution in [1.82, 2.24) is 15.0 Å². The fourth-order valence-electron chi connectivity index (χ4n) is 1.53. The van der Waals surface area contributed by atoms with Gasteiger partial charge in [-0.2, -0.15) is 15.0 Å². The minimum atomic E-state index is 0.242. The maximum absolute atomic E-state index is 5.08. The molecule has 0 aromatic carbocycles. The van der Waals surface area contributed by atoms with E-state index in [1.54, 1.807) is 7.11 Å². The second kappa shape index (κ2) is 8.52. The predicted octanol–water partition coefficient (Wildman–Crippen LogP) is 1.60. The van der Waals surface area contributed by atoms with Crippen molar-refractivity contribution in [2.75, 3.05) is 49.9 Å². The number of methoxy groups -OCH3 is 1. The van der Waals surface area contributed by atoms with Crippen molar-refractivity contribution in [3.63, 3.8) is 0 Å². The lowest BCUT2D eigenvalue weighted by molar-refractivity contribution is 0.191. The van der Waals surface area contributed by atoms with Crippen molar-refractivity contribution in [1.29, 1.82) is 0 Å². The molecule has 0 radical (unpaired) electrons. The Morgan fingerprint density at radius 1 is 1.20 bits per heavy atom. The van der Waals surface area contributed by atoms with Gasteiger partial charge in [-0.25, -0.2) is 0 Å². The van der Waals surface area contributed by atoms with Gasteiger partial charge in [0, 0.05) is 40.4 Å². The van der Waals surface area contributed by atoms with Crippen LogP contribution in [0.2, 0.25) is 0 Å². The van der Waals surface area contributed by atoms with Crippen LogP contribution in [0.5, 0.6) is 0 Å². The van der Waals surface area contributed by atoms with Crippen LogP contribution < -0.4 is 15.5 Å². The molecule has 114 valence electrons. The van der Waals surface area contributed by atoms with Crippen LogP contribution in [0.25, 0.3) is 0 Å². The smallest absolute Gasteiger partial charge is 0.231 e. The first-order valence-electron chi connectivity index (χ1n) is 6.99. The van der Waals surface area contributed by atoms with E-state index in [-0.39, 0.29) is 6.04 Å². The van der Waals surface area contributed by atoms with Crippen molar-refractivity contribution >= 4 is 17.8 Å². The van der Waals surface area contributed by atoms with Crippen molar-refractivity contribution < 1.29 is 4.74 Å². The van der Waals surface area contributed by atoms with E-state index < -0.39 is 0 Å². The summed E-state index contributed by atoms with van der Waals surface area (Å²) in [5.41, 5.74) is 0. The van der Waals surface area contributed by atoms with Crippen LogP contribution in [0.4, 0.5) is 17.8 Å². The lowest BCUT2D eigenvalue weighted by Gasteiger charge is -2.17. The van der Waals surface area contributed by atoms with Gasteiger partial charge >= 0.3 is 0 Å². The highest BCUT2D eigenvalue weighted by atomic mass is 16.5. The van der Waals surface area contributed by atoms with Crippen LogP contribution in [-0.2, 0) is 4.74 Å². The molecule has 0 saturated carbocycles. The molecule has 0 saturated heterocycles. The third kappa shape index (κ3) is 5.56. The first-order valence-corrected chi connectivity index (χ1v) is 6.99. The van der Waals surface area contributed by atoms with Crippen LogP contribution in [0.15, 0.2) is 0 Å². The Labute approximate surface area is 121 Å². The molecule has 1 unspecified atom stereocenters. The summed E-state index contributed by atoms with van der Waals surface area (Å²) in [7, 11) is 5.53. The zero-order valence-electron chi connectivity index (χ0n) is 13.1. The number of anilines is 3. The summed E-state index contributed by atoms with van der Waals surface area (Å²) in [6.45, 7) is 5.74. The molecule has 0 spiro atoms. The molecule has 1 aromatic heterocycles. The Balaban J connectivity index is 2.79. The zero-order valence-corrected chi connectivity index (χ0v) is 13.1. The molecule has 1 aromatic rings. The molecule has 20 heavy (non-hydrogen) atoms. The summed E-state index contributed by atoms with van der Waals surface area (Å²) < 4.78 is 5.08. The van der Waals surface area contributed by atoms with E-state index in [1.807, 2.05) is 19.0 Å². The van der Waals surface area contributed by atoms with Gasteiger partial charge in [0.2, 0.25) is 17.8 Å². The van der Waals surface area contributed by atoms with Gasteiger partial charge in [-0.05, 0) is 19.8 Å². The summed E-state index contributed by atoms with van der Waals surface area (Å²) in [4.78, 5) is 15.0. The average Bonchev–Trinajstić information content (AvgIpc) is 2.42. The van der Waals surface area contributed by atoms with Crippen LogP contribution in [0, 0.1) is 0 Å². The van der Waals surface area contributed by atoms with E-state index in [0.717, 1.165) is 19.4 Å². The Morgan fingerprint density at radius 3 is 2.50 bits per heavy atom. The largest absolute Gasteiger partial charge is 0.385 e. The second-order valence-electron chi connectivity index (χ2n) is 4.93. The van der Waals surface area contributed by atoms with Crippen molar-refractivity contribution in [2.24, 2.45) is 0 Å². The maximum Gasteiger partial charge on any atom is 0.231 e. The Morgan fingerprint density at radius 2 is 1.90 bits per heavy atom. The van der Waals surface area contributed by atoms with E-state index in [4.69, 9.17) is 4.74 Å². The molecular weight excluding hydrogens is 256 g/mol. The number of rotatable bonds is 9. The topological polar surface area (TPSA) is 75.2 Å². The first-order chi connectivity index (χ1) is 9.56. The van der Waals surface area contributed by atoms with Crippen LogP contribution in [-0.4, -0.2) is 55.4 Å². The van der Waals surface area contributed by atoms with Crippen LogP contribution in [0.3, 0.4) is 0 Å². The minimum Gasteiger partial charge on any atom is -0.385 e. The first kappa shape index (κ1) is 16.4. The molecule has 0 aliphatic heterocycles. The summed E-state index contributed by atoms with van der Waals surface area (Å²) in [5.74, 6) is 1.83. The minimum absolute atomic E-state index is 0.242. The molecule has 1 heterocycles. The standard InChI is InChI=1S/C13H26N6O/c1-6-8-14-11-16-12(15-10(2)7-9-20-5)18-13(17-11)19(3)4/h10H,6-9H2,1-5H3,(H2,14,15,16,17,18). The molecule has 0 fully saturated rings. The van der Waals surface area contributed by atoms with E-state index in [0.29, 0.717) is 24.5 Å². The molecule has 0 aliphatic rings. The Bertz CT molecular complexity index is 398. The molecule has 0 amide bonds. The zero-order chi connectivity index (χ0) is 15.0. The second-order valence-corrected chi connectivity index (χ2v) is 4.93. The normalized spacial score (nSPS) is 12.1. The van der Waals surface area contributed by atoms with Gasteiger partial charge in [0.15, 0.2) is 0 Å². The molecule has 2 N–H and O–H groups in total. The van der Waals surface area contributed by atoms with Crippen LogP contribution in [0.1, 0.15) is 26.7 Å². The lowest BCUT2D eigenvalue weighted by atomic mass is 10.2. The molecular formula is C13H26N6O. The van der Waals surface area contributed by atoms with E-state index >= 15 is 0 Å². The number of hydrogen-bond acceptors (Lipinski definition) is 7. The van der Waals surface area contributed by atoms with Gasteiger partial charge in [0.1, 0.15) is 0 Å². The SMILES string of the molecule is CCCNc1nc(NC(C)CCOC)nc(N(C)C)n1. The van der Waals surface area contributed by atoms with Gasteiger partial charge in [0.25, 0.3) is 0 Å². The molecule has 0 aliphatic carbocycles. The predicted molar refractivity (Wildman–Crippen MR) is 82.5 cm³/mol. The number of hydrogen-bond donors (Lipinski definition) is 2. The van der Waals surface area contributed by atoms with Gasteiger partial charge in [0.05, 0.1) is 0 Å². The van der Waals surface area contributed by atoms with Crippen molar-refractivity contribution in [3.05, 3.63) is 0 Å². The maximum atomic E-state index is 5.08. The number of nitrogens with zero attached hydrogens (tertiary/aromatic N) is 4. The average molecular weight is 282 g/mol. The molecule has 0 bridgehead atoms. The van der Waals surface area contributed by atoms with E-state index in [1.165, 1.54) is 0 Å². The highest BCUT2D eigenvalue weighted by Crippen LogP contribution is 2.12. The third-order valence-electron chi connectivity index (χ3n) is 2.69. The molecule has 1 atom stereocenters. The monoisotopic (exact) mass is 282 g/mol. The summed E-state index contributed by atoms with van der Waals surface area (Å²) >= 11 is 0. The van der Waals surface area contributed by atoms with Gasteiger partial charge in [-0.3, -0.25) is 0 Å². The summed E-state index contributed by atoms with van der Waals surface area (Å²) in [6.07, 6.45) is 1.92. The van der Waals surface area contributed by atoms with Gasteiger partial charge in [-0.15, -0.1) is 0 Å². The van der Waals surface area contributed by atoms with Gasteiger partial charge < -0.3 is 20.3 Å². The number of ether oxygens (including phenoxy) is 1. The van der Waals surface area contributed by atoms with Gasteiger partial charge in [-0.1, -0.05) is 6.92 Å². The highest BCUT2D eigenvalue weighted by molar-refractivity contribution is 5.43. The fourth-order valence-corrected chi connectivity index (χ4v) is 1.53. The highest BCUT2D eigenvalue weighted by Gasteiger charge is 2.10. The molecule has 7 nitrogen and oxygen atoms in total. The van der Waals surface area contributed by atoms with Crippen molar-refractivity contribution in [2.45, 2.75) is 32.7 Å². The number of aromatic nitrogens is 3. The molecule has 1 rings (SSSR count). The quantitative estimate of drug-likeness (QED) is 0.712. The third-order valence-corrected chi connectivity index (χ3v) is 2.69. The fraction of sp³-hybridized carbons (Fsp3) is 0.769. The number of nitrogens with one attached hydrogen (secondary N) is 2. The summed E-state index contributed by atoms with van der Waals surface area (Å²) in [6, 6.07) is 0.242. The summed E-state index contributed by atoms with van der Waals surface area (Å²) in [5, 5.41) is 6.47. The van der Waals surface area contributed by atoms with E-state index in [2.05, 4.69) is 39.4 Å². The van der Waals surface area contributed by atoms with E-state index in [9.17, 15) is 0 Å². The molecule has 7 heteroatoms. The van der Waals surface area contributed by atoms with Crippen molar-refractivity contribution in [3.8, 4) is 0 Å². The Kier molecular flexibility index (Phi) is 7.00. The van der Waals surface area contributed by atoms with Crippen LogP contribution >= 0.6 is 0 Å². The lowest BCUT2D eigenvalue weighted by Crippen LogP contribution is -2.22. The Hall–Kier alpha value is -1.63.